The normalized spacial score (nSPS) is 25.0. The molecule has 1 aliphatic heterocycles. The lowest BCUT2D eigenvalue weighted by molar-refractivity contribution is -0.125. The highest BCUT2D eigenvalue weighted by Gasteiger charge is 2.23. The van der Waals surface area contributed by atoms with Crippen molar-refractivity contribution >= 4 is 11.8 Å². The molecule has 2 unspecified atom stereocenters. The highest BCUT2D eigenvalue weighted by Crippen LogP contribution is 2.23. The number of hydrogen-bond acceptors (Lipinski definition) is 5. The third-order valence-corrected chi connectivity index (χ3v) is 5.35. The lowest BCUT2D eigenvalue weighted by Gasteiger charge is -2.34. The highest BCUT2D eigenvalue weighted by atomic mass is 16.5. The molecule has 2 aliphatic rings. The van der Waals surface area contributed by atoms with Crippen molar-refractivity contribution in [2.24, 2.45) is 5.92 Å². The quantitative estimate of drug-likeness (QED) is 0.578. The molecule has 0 bridgehead atoms. The molecule has 150 valence electrons. The van der Waals surface area contributed by atoms with E-state index >= 15 is 0 Å². The summed E-state index contributed by atoms with van der Waals surface area (Å²) in [6, 6.07) is 0.356. The van der Waals surface area contributed by atoms with Crippen molar-refractivity contribution in [3.05, 3.63) is 0 Å². The van der Waals surface area contributed by atoms with Crippen LogP contribution in [-0.4, -0.2) is 87.2 Å². The fourth-order valence-electron chi connectivity index (χ4n) is 3.85. The smallest absolute Gasteiger partial charge is 0.234 e. The average molecular weight is 369 g/mol. The Bertz CT molecular complexity index is 439. The minimum atomic E-state index is 0.0683. The summed E-state index contributed by atoms with van der Waals surface area (Å²) in [5, 5.41) is 6.12. The standard InChI is InChI=1S/C19H36N4O3/c1-16-5-3-6-17(13-16)21-19(25)15-23-10-8-22(9-11-23)14-18(24)20-7-4-12-26-2/h16-17H,3-15H2,1-2H3,(H,20,24)(H,21,25). The SMILES string of the molecule is COCCCNC(=O)CN1CCN(CC(=O)NC2CCCC(C)C2)CC1. The largest absolute Gasteiger partial charge is 0.385 e. The summed E-state index contributed by atoms with van der Waals surface area (Å²) in [6.07, 6.45) is 5.57. The van der Waals surface area contributed by atoms with Gasteiger partial charge in [0.05, 0.1) is 13.1 Å². The van der Waals surface area contributed by atoms with Crippen molar-refractivity contribution < 1.29 is 14.3 Å². The number of rotatable bonds is 9. The van der Waals surface area contributed by atoms with Crippen molar-refractivity contribution in [3.8, 4) is 0 Å². The summed E-state index contributed by atoms with van der Waals surface area (Å²) < 4.78 is 4.97. The van der Waals surface area contributed by atoms with Crippen LogP contribution < -0.4 is 10.6 Å². The number of carbonyl (C=O) groups is 2. The second-order valence-electron chi connectivity index (χ2n) is 7.78. The zero-order valence-corrected chi connectivity index (χ0v) is 16.5. The van der Waals surface area contributed by atoms with Crippen LogP contribution >= 0.6 is 0 Å². The Labute approximate surface area is 157 Å². The first kappa shape index (κ1) is 21.1. The molecule has 2 atom stereocenters. The molecule has 2 fully saturated rings. The number of methoxy groups -OCH3 is 1. The minimum absolute atomic E-state index is 0.0683. The number of amides is 2. The van der Waals surface area contributed by atoms with E-state index in [0.717, 1.165) is 51.4 Å². The van der Waals surface area contributed by atoms with Gasteiger partial charge in [0.15, 0.2) is 0 Å². The molecule has 0 aromatic heterocycles. The number of nitrogens with zero attached hydrogens (tertiary/aromatic N) is 2. The summed E-state index contributed by atoms with van der Waals surface area (Å²) in [7, 11) is 1.66. The van der Waals surface area contributed by atoms with Gasteiger partial charge in [0.25, 0.3) is 0 Å². The van der Waals surface area contributed by atoms with E-state index in [4.69, 9.17) is 4.74 Å². The molecule has 0 radical (unpaired) electrons. The van der Waals surface area contributed by atoms with Crippen molar-refractivity contribution in [3.63, 3.8) is 0 Å². The van der Waals surface area contributed by atoms with E-state index in [1.807, 2.05) is 0 Å². The number of carbonyl (C=O) groups excluding carboxylic acids is 2. The molecular formula is C19H36N4O3. The van der Waals surface area contributed by atoms with Crippen LogP contribution in [-0.2, 0) is 14.3 Å². The molecule has 1 saturated carbocycles. The molecule has 0 spiro atoms. The number of nitrogens with one attached hydrogen (secondary N) is 2. The molecule has 0 aromatic rings. The van der Waals surface area contributed by atoms with Gasteiger partial charge in [-0.05, 0) is 25.2 Å². The highest BCUT2D eigenvalue weighted by molar-refractivity contribution is 5.78. The fraction of sp³-hybridized carbons (Fsp3) is 0.895. The molecule has 7 heteroatoms. The first-order valence-corrected chi connectivity index (χ1v) is 10.1. The van der Waals surface area contributed by atoms with E-state index in [2.05, 4.69) is 27.4 Å². The number of piperazine rings is 1. The maximum atomic E-state index is 12.3. The van der Waals surface area contributed by atoms with E-state index in [0.29, 0.717) is 32.3 Å². The predicted molar refractivity (Wildman–Crippen MR) is 102 cm³/mol. The van der Waals surface area contributed by atoms with Crippen molar-refractivity contribution in [2.45, 2.75) is 45.1 Å². The van der Waals surface area contributed by atoms with Crippen LogP contribution in [0.25, 0.3) is 0 Å². The third kappa shape index (κ3) is 8.01. The topological polar surface area (TPSA) is 73.9 Å². The van der Waals surface area contributed by atoms with E-state index < -0.39 is 0 Å². The van der Waals surface area contributed by atoms with Crippen molar-refractivity contribution in [1.29, 1.82) is 0 Å². The van der Waals surface area contributed by atoms with Gasteiger partial charge in [-0.15, -0.1) is 0 Å². The maximum Gasteiger partial charge on any atom is 0.234 e. The Morgan fingerprint density at radius 1 is 1.04 bits per heavy atom. The van der Waals surface area contributed by atoms with Gasteiger partial charge in [0, 0.05) is 52.5 Å². The first-order chi connectivity index (χ1) is 12.6. The molecule has 1 aliphatic carbocycles. The molecule has 2 N–H and O–H groups in total. The zero-order chi connectivity index (χ0) is 18.8. The summed E-state index contributed by atoms with van der Waals surface area (Å²) in [4.78, 5) is 28.5. The molecule has 1 saturated heterocycles. The van der Waals surface area contributed by atoms with Gasteiger partial charge in [-0.1, -0.05) is 19.8 Å². The molecule has 26 heavy (non-hydrogen) atoms. The van der Waals surface area contributed by atoms with E-state index in [9.17, 15) is 9.59 Å². The number of hydrogen-bond donors (Lipinski definition) is 2. The van der Waals surface area contributed by atoms with Gasteiger partial charge < -0.3 is 15.4 Å². The monoisotopic (exact) mass is 368 g/mol. The van der Waals surface area contributed by atoms with E-state index in [-0.39, 0.29) is 11.8 Å². The van der Waals surface area contributed by atoms with Gasteiger partial charge in [-0.25, -0.2) is 0 Å². The van der Waals surface area contributed by atoms with Crippen LogP contribution in [0.3, 0.4) is 0 Å². The van der Waals surface area contributed by atoms with Gasteiger partial charge >= 0.3 is 0 Å². The van der Waals surface area contributed by atoms with Crippen LogP contribution in [0.1, 0.15) is 39.0 Å². The van der Waals surface area contributed by atoms with Gasteiger partial charge in [-0.2, -0.15) is 0 Å². The average Bonchev–Trinajstić information content (AvgIpc) is 2.60. The summed E-state index contributed by atoms with van der Waals surface area (Å²) in [5.74, 6) is 0.936. The Hall–Kier alpha value is -1.18. The Morgan fingerprint density at radius 3 is 2.31 bits per heavy atom. The molecule has 2 rings (SSSR count). The third-order valence-electron chi connectivity index (χ3n) is 5.35. The van der Waals surface area contributed by atoms with Crippen LogP contribution in [0, 0.1) is 5.92 Å². The van der Waals surface area contributed by atoms with Crippen molar-refractivity contribution in [1.82, 2.24) is 20.4 Å². The second-order valence-corrected chi connectivity index (χ2v) is 7.78. The summed E-state index contributed by atoms with van der Waals surface area (Å²) >= 11 is 0. The van der Waals surface area contributed by atoms with Gasteiger partial charge in [0.1, 0.15) is 0 Å². The Kier molecular flexibility index (Phi) is 9.36. The van der Waals surface area contributed by atoms with Gasteiger partial charge in [0.2, 0.25) is 11.8 Å². The van der Waals surface area contributed by atoms with Crippen LogP contribution in [0.4, 0.5) is 0 Å². The molecule has 7 nitrogen and oxygen atoms in total. The molecular weight excluding hydrogens is 332 g/mol. The lowest BCUT2D eigenvalue weighted by atomic mass is 9.87. The summed E-state index contributed by atoms with van der Waals surface area (Å²) in [5.41, 5.74) is 0. The lowest BCUT2D eigenvalue weighted by Crippen LogP contribution is -2.52. The van der Waals surface area contributed by atoms with Crippen molar-refractivity contribution in [2.75, 3.05) is 59.5 Å². The molecule has 1 heterocycles. The minimum Gasteiger partial charge on any atom is -0.385 e. The van der Waals surface area contributed by atoms with Crippen LogP contribution in [0.5, 0.6) is 0 Å². The predicted octanol–water partition coefficient (Wildman–Crippen LogP) is 0.452. The van der Waals surface area contributed by atoms with Crippen LogP contribution in [0.2, 0.25) is 0 Å². The fourth-order valence-corrected chi connectivity index (χ4v) is 3.85. The van der Waals surface area contributed by atoms with E-state index in [1.54, 1.807) is 7.11 Å². The van der Waals surface area contributed by atoms with Gasteiger partial charge in [-0.3, -0.25) is 19.4 Å². The Morgan fingerprint density at radius 2 is 1.69 bits per heavy atom. The molecule has 2 amide bonds. The first-order valence-electron chi connectivity index (χ1n) is 10.1. The summed E-state index contributed by atoms with van der Waals surface area (Å²) in [6.45, 7) is 7.85. The number of ether oxygens (including phenoxy) is 1. The molecule has 0 aromatic carbocycles. The maximum absolute atomic E-state index is 12.3. The Balaban J connectivity index is 1.57. The van der Waals surface area contributed by atoms with E-state index in [1.165, 1.54) is 12.8 Å². The second kappa shape index (κ2) is 11.5. The van der Waals surface area contributed by atoms with Crippen LogP contribution in [0.15, 0.2) is 0 Å². The zero-order valence-electron chi connectivity index (χ0n) is 16.5.